The SMILES string of the molecule is CCNC(=NCc1ccc(-n2nc(C)cc2C)cc1C(F)(F)F)NCc1ccccn1.I. The van der Waals surface area contributed by atoms with Crippen LogP contribution in [0.25, 0.3) is 5.69 Å². The van der Waals surface area contributed by atoms with Gasteiger partial charge in [0.2, 0.25) is 0 Å². The molecule has 2 aromatic heterocycles. The molecule has 0 aliphatic heterocycles. The first-order valence-electron chi connectivity index (χ1n) is 9.93. The van der Waals surface area contributed by atoms with Crippen LogP contribution >= 0.6 is 24.0 Å². The molecule has 0 fully saturated rings. The molecule has 0 atom stereocenters. The largest absolute Gasteiger partial charge is 0.416 e. The average molecular weight is 558 g/mol. The number of aryl methyl sites for hydroxylation is 2. The van der Waals surface area contributed by atoms with Gasteiger partial charge < -0.3 is 10.6 Å². The highest BCUT2D eigenvalue weighted by molar-refractivity contribution is 14.0. The summed E-state index contributed by atoms with van der Waals surface area (Å²) in [5.74, 6) is 0.420. The first kappa shape index (κ1) is 25.6. The Kier molecular flexibility index (Phi) is 9.05. The molecule has 3 rings (SSSR count). The van der Waals surface area contributed by atoms with Crippen molar-refractivity contribution in [3.63, 3.8) is 0 Å². The summed E-state index contributed by atoms with van der Waals surface area (Å²) >= 11 is 0. The number of nitrogens with one attached hydrogen (secondary N) is 2. The number of benzene rings is 1. The van der Waals surface area contributed by atoms with E-state index in [0.717, 1.165) is 23.1 Å². The summed E-state index contributed by atoms with van der Waals surface area (Å²) in [7, 11) is 0. The number of alkyl halides is 3. The molecule has 0 bridgehead atoms. The maximum atomic E-state index is 13.8. The molecule has 0 radical (unpaired) electrons. The van der Waals surface area contributed by atoms with E-state index in [-0.39, 0.29) is 36.1 Å². The van der Waals surface area contributed by atoms with Gasteiger partial charge in [0.1, 0.15) is 0 Å². The quantitative estimate of drug-likeness (QED) is 0.260. The molecular weight excluding hydrogens is 532 g/mol. The monoisotopic (exact) mass is 558 g/mol. The van der Waals surface area contributed by atoms with Gasteiger partial charge in [-0.2, -0.15) is 18.3 Å². The fourth-order valence-corrected chi connectivity index (χ4v) is 3.17. The predicted octanol–water partition coefficient (Wildman–Crippen LogP) is 4.78. The third kappa shape index (κ3) is 6.68. The molecule has 0 saturated heterocycles. The van der Waals surface area contributed by atoms with E-state index in [1.807, 2.05) is 31.2 Å². The summed E-state index contributed by atoms with van der Waals surface area (Å²) in [6.07, 6.45) is -2.82. The van der Waals surface area contributed by atoms with Crippen molar-refractivity contribution >= 4 is 29.9 Å². The van der Waals surface area contributed by atoms with Gasteiger partial charge in [-0.15, -0.1) is 24.0 Å². The van der Waals surface area contributed by atoms with Crippen LogP contribution in [0.3, 0.4) is 0 Å². The number of aromatic nitrogens is 3. The van der Waals surface area contributed by atoms with Gasteiger partial charge in [-0.3, -0.25) is 4.98 Å². The molecule has 32 heavy (non-hydrogen) atoms. The maximum absolute atomic E-state index is 13.8. The van der Waals surface area contributed by atoms with Crippen molar-refractivity contribution in [3.8, 4) is 5.69 Å². The minimum absolute atomic E-state index is 0. The summed E-state index contributed by atoms with van der Waals surface area (Å²) in [5.41, 5.74) is 2.05. The molecule has 2 heterocycles. The van der Waals surface area contributed by atoms with E-state index >= 15 is 0 Å². The predicted molar refractivity (Wildman–Crippen MR) is 129 cm³/mol. The molecule has 0 amide bonds. The third-order valence-corrected chi connectivity index (χ3v) is 4.57. The zero-order valence-corrected chi connectivity index (χ0v) is 20.4. The van der Waals surface area contributed by atoms with Crippen LogP contribution in [0.4, 0.5) is 13.2 Å². The average Bonchev–Trinajstić information content (AvgIpc) is 3.08. The normalized spacial score (nSPS) is 11.8. The fraction of sp³-hybridized carbons (Fsp3) is 0.318. The zero-order chi connectivity index (χ0) is 22.4. The van der Waals surface area contributed by atoms with Crippen LogP contribution < -0.4 is 10.6 Å². The molecule has 0 unspecified atom stereocenters. The van der Waals surface area contributed by atoms with Crippen LogP contribution in [0.15, 0.2) is 53.7 Å². The van der Waals surface area contributed by atoms with Crippen LogP contribution in [0.1, 0.15) is 35.1 Å². The van der Waals surface area contributed by atoms with Gasteiger partial charge >= 0.3 is 6.18 Å². The molecule has 6 nitrogen and oxygen atoms in total. The Hall–Kier alpha value is -2.63. The van der Waals surface area contributed by atoms with E-state index in [0.29, 0.717) is 24.7 Å². The molecule has 0 spiro atoms. The lowest BCUT2D eigenvalue weighted by Gasteiger charge is -2.15. The highest BCUT2D eigenvalue weighted by atomic mass is 127. The number of nitrogens with zero attached hydrogens (tertiary/aromatic N) is 4. The summed E-state index contributed by atoms with van der Waals surface area (Å²) in [5, 5.41) is 10.4. The Morgan fingerprint density at radius 1 is 1.09 bits per heavy atom. The topological polar surface area (TPSA) is 67.1 Å². The number of halogens is 4. The lowest BCUT2D eigenvalue weighted by Crippen LogP contribution is -2.37. The van der Waals surface area contributed by atoms with Crippen LogP contribution in [-0.4, -0.2) is 27.3 Å². The number of rotatable bonds is 6. The summed E-state index contributed by atoms with van der Waals surface area (Å²) in [6.45, 7) is 6.37. The zero-order valence-electron chi connectivity index (χ0n) is 18.1. The van der Waals surface area contributed by atoms with Crippen molar-refractivity contribution in [2.45, 2.75) is 40.0 Å². The first-order valence-corrected chi connectivity index (χ1v) is 9.93. The van der Waals surface area contributed by atoms with E-state index in [2.05, 4.69) is 25.7 Å². The number of hydrogen-bond donors (Lipinski definition) is 2. The van der Waals surface area contributed by atoms with Crippen molar-refractivity contribution in [1.82, 2.24) is 25.4 Å². The van der Waals surface area contributed by atoms with Crippen LogP contribution in [0.5, 0.6) is 0 Å². The number of guanidine groups is 1. The molecule has 3 aromatic rings. The Morgan fingerprint density at radius 2 is 1.88 bits per heavy atom. The minimum atomic E-state index is -4.50. The van der Waals surface area contributed by atoms with Crippen LogP contribution in [0.2, 0.25) is 0 Å². The Morgan fingerprint density at radius 3 is 2.47 bits per heavy atom. The highest BCUT2D eigenvalue weighted by Crippen LogP contribution is 2.34. The van der Waals surface area contributed by atoms with E-state index in [4.69, 9.17) is 0 Å². The first-order chi connectivity index (χ1) is 14.8. The minimum Gasteiger partial charge on any atom is -0.357 e. The van der Waals surface area contributed by atoms with Gasteiger partial charge in [0.05, 0.1) is 35.7 Å². The van der Waals surface area contributed by atoms with E-state index in [1.165, 1.54) is 10.7 Å². The number of hydrogen-bond acceptors (Lipinski definition) is 3. The van der Waals surface area contributed by atoms with Crippen molar-refractivity contribution in [3.05, 3.63) is 76.9 Å². The molecule has 2 N–H and O–H groups in total. The standard InChI is InChI=1S/C22H25F3N6.HI/c1-4-26-21(29-14-18-7-5-6-10-27-18)28-13-17-8-9-19(12-20(17)22(23,24)25)31-16(3)11-15(2)30-31;/h5-12H,4,13-14H2,1-3H3,(H2,26,28,29);1H. The van der Waals surface area contributed by atoms with Gasteiger partial charge in [0.15, 0.2) is 5.96 Å². The Bertz CT molecular complexity index is 1050. The van der Waals surface area contributed by atoms with Crippen molar-refractivity contribution in [1.29, 1.82) is 0 Å². The van der Waals surface area contributed by atoms with E-state index < -0.39 is 11.7 Å². The van der Waals surface area contributed by atoms with Crippen LogP contribution in [-0.2, 0) is 19.3 Å². The summed E-state index contributed by atoms with van der Waals surface area (Å²) in [4.78, 5) is 8.56. The Balaban J connectivity index is 0.00000363. The molecular formula is C22H26F3IN6. The second-order valence-corrected chi connectivity index (χ2v) is 7.05. The summed E-state index contributed by atoms with van der Waals surface area (Å²) < 4.78 is 42.8. The van der Waals surface area contributed by atoms with Crippen molar-refractivity contribution < 1.29 is 13.2 Å². The number of pyridine rings is 1. The molecule has 0 aliphatic carbocycles. The van der Waals surface area contributed by atoms with Gasteiger partial charge in [-0.05, 0) is 56.7 Å². The lowest BCUT2D eigenvalue weighted by molar-refractivity contribution is -0.138. The maximum Gasteiger partial charge on any atom is 0.416 e. The second kappa shape index (κ2) is 11.3. The van der Waals surface area contributed by atoms with Crippen LogP contribution in [0, 0.1) is 13.8 Å². The molecule has 0 aliphatic rings. The van der Waals surface area contributed by atoms with E-state index in [9.17, 15) is 13.2 Å². The van der Waals surface area contributed by atoms with Crippen molar-refractivity contribution in [2.75, 3.05) is 6.54 Å². The van der Waals surface area contributed by atoms with Gasteiger partial charge in [0.25, 0.3) is 0 Å². The van der Waals surface area contributed by atoms with Crippen molar-refractivity contribution in [2.24, 2.45) is 4.99 Å². The lowest BCUT2D eigenvalue weighted by atomic mass is 10.1. The van der Waals surface area contributed by atoms with Gasteiger partial charge in [-0.25, -0.2) is 9.67 Å². The molecule has 1 aromatic carbocycles. The highest BCUT2D eigenvalue weighted by Gasteiger charge is 2.33. The molecule has 0 saturated carbocycles. The van der Waals surface area contributed by atoms with Gasteiger partial charge in [-0.1, -0.05) is 12.1 Å². The molecule has 10 heteroatoms. The smallest absolute Gasteiger partial charge is 0.357 e. The fourth-order valence-electron chi connectivity index (χ4n) is 3.17. The Labute approximate surface area is 202 Å². The third-order valence-electron chi connectivity index (χ3n) is 4.57. The van der Waals surface area contributed by atoms with E-state index in [1.54, 1.807) is 26.1 Å². The molecule has 172 valence electrons. The second-order valence-electron chi connectivity index (χ2n) is 7.05. The summed E-state index contributed by atoms with van der Waals surface area (Å²) in [6, 6.07) is 11.6. The number of aliphatic imine (C=N–C) groups is 1. The van der Waals surface area contributed by atoms with Gasteiger partial charge in [0, 0.05) is 18.4 Å².